The van der Waals surface area contributed by atoms with E-state index in [4.69, 9.17) is 11.1 Å². The predicted molar refractivity (Wildman–Crippen MR) is 163 cm³/mol. The molecule has 0 spiro atoms. The lowest BCUT2D eigenvalue weighted by molar-refractivity contribution is -0.138. The number of likely N-dealkylation sites (tertiary alicyclic amines) is 1. The quantitative estimate of drug-likeness (QED) is 0.161. The van der Waals surface area contributed by atoms with E-state index >= 15 is 4.39 Å². The molecule has 3 amide bonds. The first kappa shape index (κ1) is 31.0. The summed E-state index contributed by atoms with van der Waals surface area (Å²) in [5.41, 5.74) is 4.28. The Morgan fingerprint density at radius 1 is 1.11 bits per heavy atom. The fourth-order valence-electron chi connectivity index (χ4n) is 5.94. The van der Waals surface area contributed by atoms with Crippen LogP contribution < -0.4 is 16.4 Å². The number of hydrogen-bond acceptors (Lipinski definition) is 7. The molecule has 4 aromatic rings. The lowest BCUT2D eigenvalue weighted by atomic mass is 10.0. The molecule has 46 heavy (non-hydrogen) atoms. The number of carbonyl (C=O) groups is 3. The molecule has 2 aromatic carbocycles. The second-order valence-electron chi connectivity index (χ2n) is 11.4. The first-order valence-electron chi connectivity index (χ1n) is 14.3. The highest BCUT2D eigenvalue weighted by atomic mass is 32.1. The van der Waals surface area contributed by atoms with E-state index < -0.39 is 54.5 Å². The van der Waals surface area contributed by atoms with Crippen LogP contribution in [0.3, 0.4) is 0 Å². The number of halogens is 3. The molecule has 1 fully saturated rings. The van der Waals surface area contributed by atoms with Crippen molar-refractivity contribution in [3.05, 3.63) is 93.4 Å². The van der Waals surface area contributed by atoms with Crippen molar-refractivity contribution in [1.82, 2.24) is 30.5 Å². The number of aromatic nitrogens is 3. The molecule has 1 saturated heterocycles. The monoisotopic (exact) mass is 650 g/mol. The van der Waals surface area contributed by atoms with E-state index in [1.54, 1.807) is 30.5 Å². The Bertz CT molecular complexity index is 1850. The van der Waals surface area contributed by atoms with Crippen molar-refractivity contribution in [2.24, 2.45) is 5.73 Å². The summed E-state index contributed by atoms with van der Waals surface area (Å²) in [6, 6.07) is 9.82. The van der Waals surface area contributed by atoms with E-state index in [0.29, 0.717) is 16.0 Å². The van der Waals surface area contributed by atoms with E-state index in [1.165, 1.54) is 58.7 Å². The van der Waals surface area contributed by atoms with Gasteiger partial charge in [-0.2, -0.15) is 8.78 Å². The summed E-state index contributed by atoms with van der Waals surface area (Å²) in [4.78, 5) is 41.8. The second kappa shape index (κ2) is 11.7. The van der Waals surface area contributed by atoms with Crippen LogP contribution in [0.5, 0.6) is 0 Å². The summed E-state index contributed by atoms with van der Waals surface area (Å²) in [6.45, 7) is 0.467. The Morgan fingerprint density at radius 2 is 1.87 bits per heavy atom. The number of benzene rings is 2. The summed E-state index contributed by atoms with van der Waals surface area (Å²) >= 11 is 1.30. The van der Waals surface area contributed by atoms with E-state index in [-0.39, 0.29) is 41.1 Å². The zero-order valence-electron chi connectivity index (χ0n) is 24.5. The van der Waals surface area contributed by atoms with Crippen LogP contribution in [-0.4, -0.2) is 68.3 Å². The summed E-state index contributed by atoms with van der Waals surface area (Å²) < 4.78 is 47.3. The predicted octanol–water partition coefficient (Wildman–Crippen LogP) is 3.36. The highest BCUT2D eigenvalue weighted by Crippen LogP contribution is 2.51. The van der Waals surface area contributed by atoms with Crippen molar-refractivity contribution < 1.29 is 27.6 Å². The Balaban J connectivity index is 1.17. The number of thiophene rings is 1. The van der Waals surface area contributed by atoms with Crippen molar-refractivity contribution in [3.63, 3.8) is 0 Å². The average molecular weight is 651 g/mol. The lowest BCUT2D eigenvalue weighted by Gasteiger charge is -2.25. The van der Waals surface area contributed by atoms with Crippen LogP contribution in [-0.2, 0) is 22.1 Å². The first-order valence-corrected chi connectivity index (χ1v) is 15.2. The number of nitrogen functional groups attached to an aromatic ring is 1. The van der Waals surface area contributed by atoms with E-state index in [9.17, 15) is 23.2 Å². The highest BCUT2D eigenvalue weighted by molar-refractivity contribution is 7.10. The third kappa shape index (κ3) is 5.73. The van der Waals surface area contributed by atoms with Gasteiger partial charge in [0.15, 0.2) is 0 Å². The fourth-order valence-corrected chi connectivity index (χ4v) is 6.85. The average Bonchev–Trinajstić information content (AvgIpc) is 3.83. The largest absolute Gasteiger partial charge is 0.384 e. The molecular formula is C31H29F3N8O3S. The van der Waals surface area contributed by atoms with Gasteiger partial charge in [-0.3, -0.25) is 19.8 Å². The standard InChI is InChI=1S/C31H29F3N8O3S/c1-17(25-11-19(14-46-25)27(35)36)39-29(45)24-12-30(32,15-41-9-8-38-40-41)16-42(24)26(43)13-37-28(44)18-6-7-23-21(10-18)20-4-2-3-5-22(20)31(23,33)34/h2-11,14,17,24H,12-13,15-16H2,1H3,(H3,35,36)(H,37,44)(H,39,45)/t17-,24+,30+/m1/s1. The van der Waals surface area contributed by atoms with Crippen LogP contribution >= 0.6 is 11.3 Å². The number of amidine groups is 1. The van der Waals surface area contributed by atoms with Crippen LogP contribution in [0, 0.1) is 5.41 Å². The Hall–Kier alpha value is -5.05. The number of carbonyl (C=O) groups excluding carboxylic acids is 3. The van der Waals surface area contributed by atoms with Crippen molar-refractivity contribution in [2.45, 2.75) is 43.6 Å². The highest BCUT2D eigenvalue weighted by Gasteiger charge is 2.50. The van der Waals surface area contributed by atoms with Crippen molar-refractivity contribution in [1.29, 1.82) is 5.41 Å². The molecular weight excluding hydrogens is 621 g/mol. The number of alkyl halides is 3. The molecule has 3 heterocycles. The van der Waals surface area contributed by atoms with Crippen molar-refractivity contribution in [2.75, 3.05) is 13.1 Å². The summed E-state index contributed by atoms with van der Waals surface area (Å²) in [5, 5.41) is 22.1. The number of rotatable bonds is 9. The van der Waals surface area contributed by atoms with Crippen LogP contribution in [0.1, 0.15) is 51.3 Å². The zero-order valence-corrected chi connectivity index (χ0v) is 25.3. The molecule has 0 saturated carbocycles. The molecule has 0 radical (unpaired) electrons. The zero-order chi connectivity index (χ0) is 32.8. The second-order valence-corrected chi connectivity index (χ2v) is 12.4. The van der Waals surface area contributed by atoms with Gasteiger partial charge < -0.3 is 21.3 Å². The summed E-state index contributed by atoms with van der Waals surface area (Å²) in [7, 11) is 0. The molecule has 11 nitrogen and oxygen atoms in total. The Labute approximate surface area is 265 Å². The van der Waals surface area contributed by atoms with Gasteiger partial charge in [0.1, 0.15) is 17.5 Å². The molecule has 1 aliphatic carbocycles. The van der Waals surface area contributed by atoms with Gasteiger partial charge >= 0.3 is 0 Å². The van der Waals surface area contributed by atoms with Crippen LogP contribution in [0.4, 0.5) is 13.2 Å². The lowest BCUT2D eigenvalue weighted by Crippen LogP contribution is -2.49. The molecule has 5 N–H and O–H groups in total. The van der Waals surface area contributed by atoms with Gasteiger partial charge in [-0.1, -0.05) is 35.5 Å². The molecule has 0 unspecified atom stereocenters. The van der Waals surface area contributed by atoms with Gasteiger partial charge in [0.2, 0.25) is 11.8 Å². The van der Waals surface area contributed by atoms with Crippen molar-refractivity contribution in [3.8, 4) is 11.1 Å². The molecule has 2 aliphatic rings. The maximum Gasteiger partial charge on any atom is 0.299 e. The molecule has 2 aromatic heterocycles. The first-order chi connectivity index (χ1) is 21.9. The third-order valence-electron chi connectivity index (χ3n) is 8.22. The van der Waals surface area contributed by atoms with E-state index in [0.717, 1.165) is 4.90 Å². The van der Waals surface area contributed by atoms with Crippen LogP contribution in [0.25, 0.3) is 11.1 Å². The van der Waals surface area contributed by atoms with Gasteiger partial charge in [0.05, 0.1) is 31.9 Å². The number of hydrogen-bond donors (Lipinski definition) is 4. The number of amides is 3. The van der Waals surface area contributed by atoms with Gasteiger partial charge in [-0.25, -0.2) is 9.07 Å². The number of fused-ring (bicyclic) bond motifs is 3. The van der Waals surface area contributed by atoms with Crippen LogP contribution in [0.2, 0.25) is 0 Å². The summed E-state index contributed by atoms with van der Waals surface area (Å²) in [5.74, 6) is -5.31. The van der Waals surface area contributed by atoms with Crippen LogP contribution in [0.15, 0.2) is 66.3 Å². The third-order valence-corrected chi connectivity index (χ3v) is 9.34. The fraction of sp³-hybridized carbons (Fsp3) is 0.290. The van der Waals surface area contributed by atoms with Gasteiger partial charge in [0, 0.05) is 45.1 Å². The molecule has 0 bridgehead atoms. The number of nitrogens with two attached hydrogens (primary N) is 1. The smallest absolute Gasteiger partial charge is 0.299 e. The molecule has 1 aliphatic heterocycles. The van der Waals surface area contributed by atoms with E-state index in [2.05, 4.69) is 20.9 Å². The molecule has 238 valence electrons. The minimum absolute atomic E-state index is 0.0653. The number of nitrogens with one attached hydrogen (secondary N) is 3. The minimum atomic E-state index is -3.20. The number of nitrogens with zero attached hydrogens (tertiary/aromatic N) is 4. The van der Waals surface area contributed by atoms with Gasteiger partial charge in [-0.15, -0.1) is 16.4 Å². The van der Waals surface area contributed by atoms with Gasteiger partial charge in [0.25, 0.3) is 11.8 Å². The SMILES string of the molecule is C[C@@H](NC(=O)[C@@H]1C[C@](F)(Cn2ccnn2)CN1C(=O)CNC(=O)c1ccc2c(c1)-c1ccccc1C2(F)F)c1cc(C(=N)N)cs1. The topological polar surface area (TPSA) is 159 Å². The maximum absolute atomic E-state index is 16.2. The Morgan fingerprint density at radius 3 is 2.59 bits per heavy atom. The molecule has 3 atom stereocenters. The van der Waals surface area contributed by atoms with Gasteiger partial charge in [-0.05, 0) is 36.2 Å². The Kier molecular flexibility index (Phi) is 7.88. The molecule has 6 rings (SSSR count). The normalized spacial score (nSPS) is 20.1. The molecule has 15 heteroatoms. The minimum Gasteiger partial charge on any atom is -0.384 e. The summed E-state index contributed by atoms with van der Waals surface area (Å²) in [6.07, 6.45) is 2.53. The van der Waals surface area contributed by atoms with Crippen molar-refractivity contribution >= 4 is 34.9 Å². The van der Waals surface area contributed by atoms with E-state index in [1.807, 2.05) is 0 Å². The maximum atomic E-state index is 16.2.